The van der Waals surface area contributed by atoms with Gasteiger partial charge < -0.3 is 14.5 Å². The Hall–Kier alpha value is -3.49. The van der Waals surface area contributed by atoms with Crippen LogP contribution in [0.25, 0.3) is 17.2 Å². The number of nitrogens with zero attached hydrogens (tertiary/aromatic N) is 7. The van der Waals surface area contributed by atoms with E-state index in [2.05, 4.69) is 25.2 Å². The van der Waals surface area contributed by atoms with Crippen LogP contribution in [0, 0.1) is 0 Å². The maximum atomic E-state index is 12.5. The van der Waals surface area contributed by atoms with Crippen LogP contribution < -0.4 is 9.64 Å². The molecule has 3 heterocycles. The highest BCUT2D eigenvalue weighted by atomic mass is 16.5. The SMILES string of the molecule is CCn1nnc2c(N3CCN(C(=O)C=Cc4ccc(OC)cc4)CC3)ncnc21. The molecule has 9 nitrogen and oxygen atoms in total. The zero-order valence-corrected chi connectivity index (χ0v) is 16.5. The predicted octanol–water partition coefficient (Wildman–Crippen LogP) is 1.61. The van der Waals surface area contributed by atoms with E-state index in [0.717, 1.165) is 22.8 Å². The van der Waals surface area contributed by atoms with E-state index in [4.69, 9.17) is 4.74 Å². The number of hydrogen-bond acceptors (Lipinski definition) is 7. The number of benzene rings is 1. The summed E-state index contributed by atoms with van der Waals surface area (Å²) < 4.78 is 6.90. The number of carbonyl (C=O) groups is 1. The highest BCUT2D eigenvalue weighted by Crippen LogP contribution is 2.22. The van der Waals surface area contributed by atoms with Gasteiger partial charge in [-0.15, -0.1) is 5.10 Å². The summed E-state index contributed by atoms with van der Waals surface area (Å²) in [7, 11) is 1.63. The Kier molecular flexibility index (Phi) is 5.37. The second-order valence-corrected chi connectivity index (χ2v) is 6.69. The lowest BCUT2D eigenvalue weighted by atomic mass is 10.2. The third-order valence-electron chi connectivity index (χ3n) is 5.01. The molecule has 0 unspecified atom stereocenters. The maximum Gasteiger partial charge on any atom is 0.246 e. The van der Waals surface area contributed by atoms with Crippen LogP contribution in [0.5, 0.6) is 5.75 Å². The summed E-state index contributed by atoms with van der Waals surface area (Å²) in [5.41, 5.74) is 2.40. The molecule has 1 aliphatic rings. The van der Waals surface area contributed by atoms with Crippen molar-refractivity contribution in [2.45, 2.75) is 13.5 Å². The second kappa shape index (κ2) is 8.26. The van der Waals surface area contributed by atoms with Gasteiger partial charge in [-0.05, 0) is 30.7 Å². The largest absolute Gasteiger partial charge is 0.497 e. The third-order valence-corrected chi connectivity index (χ3v) is 5.01. The summed E-state index contributed by atoms with van der Waals surface area (Å²) in [6.07, 6.45) is 4.99. The number of fused-ring (bicyclic) bond motifs is 1. The van der Waals surface area contributed by atoms with Gasteiger partial charge in [-0.3, -0.25) is 4.79 Å². The average Bonchev–Trinajstić information content (AvgIpc) is 3.21. The molecule has 29 heavy (non-hydrogen) atoms. The molecule has 0 spiro atoms. The van der Waals surface area contributed by atoms with Gasteiger partial charge in [-0.25, -0.2) is 14.6 Å². The fraction of sp³-hybridized carbons (Fsp3) is 0.350. The lowest BCUT2D eigenvalue weighted by Crippen LogP contribution is -2.48. The summed E-state index contributed by atoms with van der Waals surface area (Å²) >= 11 is 0. The number of piperazine rings is 1. The second-order valence-electron chi connectivity index (χ2n) is 6.69. The van der Waals surface area contributed by atoms with Gasteiger partial charge in [0.05, 0.1) is 7.11 Å². The monoisotopic (exact) mass is 393 g/mol. The van der Waals surface area contributed by atoms with Crippen LogP contribution in [0.1, 0.15) is 12.5 Å². The molecule has 0 atom stereocenters. The Morgan fingerprint density at radius 3 is 2.59 bits per heavy atom. The standard InChI is InChI=1S/C20H23N7O2/c1-3-27-20-18(23-24-27)19(21-14-22-20)26-12-10-25(11-13-26)17(28)9-6-15-4-7-16(29-2)8-5-15/h4-9,14H,3,10-13H2,1-2H3. The van der Waals surface area contributed by atoms with Gasteiger partial charge in [0.1, 0.15) is 12.1 Å². The van der Waals surface area contributed by atoms with Gasteiger partial charge in [0.25, 0.3) is 0 Å². The first-order valence-corrected chi connectivity index (χ1v) is 9.59. The van der Waals surface area contributed by atoms with Gasteiger partial charge in [0.15, 0.2) is 17.0 Å². The first-order chi connectivity index (χ1) is 14.2. The highest BCUT2D eigenvalue weighted by Gasteiger charge is 2.23. The molecule has 0 bridgehead atoms. The van der Waals surface area contributed by atoms with E-state index in [1.54, 1.807) is 24.2 Å². The Morgan fingerprint density at radius 2 is 1.90 bits per heavy atom. The number of anilines is 1. The molecule has 3 aromatic rings. The van der Waals surface area contributed by atoms with Crippen molar-refractivity contribution in [3.05, 3.63) is 42.2 Å². The van der Waals surface area contributed by atoms with Gasteiger partial charge in [-0.2, -0.15) is 0 Å². The van der Waals surface area contributed by atoms with Crippen molar-refractivity contribution >= 4 is 29.0 Å². The van der Waals surface area contributed by atoms with E-state index in [-0.39, 0.29) is 5.91 Å². The van der Waals surface area contributed by atoms with Gasteiger partial charge in [0.2, 0.25) is 5.91 Å². The molecule has 1 amide bonds. The van der Waals surface area contributed by atoms with E-state index in [9.17, 15) is 4.79 Å². The minimum Gasteiger partial charge on any atom is -0.497 e. The summed E-state index contributed by atoms with van der Waals surface area (Å²) in [5.74, 6) is 1.57. The van der Waals surface area contributed by atoms with Crippen molar-refractivity contribution in [2.24, 2.45) is 0 Å². The Labute approximate surface area is 168 Å². The van der Waals surface area contributed by atoms with Crippen LogP contribution in [0.2, 0.25) is 0 Å². The molecule has 1 saturated heterocycles. The lowest BCUT2D eigenvalue weighted by Gasteiger charge is -2.34. The zero-order valence-electron chi connectivity index (χ0n) is 16.5. The normalized spacial score (nSPS) is 14.7. The molecule has 0 aliphatic carbocycles. The molecule has 150 valence electrons. The summed E-state index contributed by atoms with van der Waals surface area (Å²) in [6.45, 7) is 5.33. The molecular formula is C20H23N7O2. The van der Waals surface area contributed by atoms with Crippen LogP contribution in [-0.4, -0.2) is 69.1 Å². The fourth-order valence-electron chi connectivity index (χ4n) is 3.35. The number of carbonyl (C=O) groups excluding carboxylic acids is 1. The lowest BCUT2D eigenvalue weighted by molar-refractivity contribution is -0.126. The minimum absolute atomic E-state index is 0.00484. The number of hydrogen-bond donors (Lipinski definition) is 0. The third kappa shape index (κ3) is 3.89. The van der Waals surface area contributed by atoms with Crippen molar-refractivity contribution in [1.29, 1.82) is 0 Å². The quantitative estimate of drug-likeness (QED) is 0.609. The molecule has 9 heteroatoms. The Bertz CT molecular complexity index is 1020. The minimum atomic E-state index is 0.00484. The number of amides is 1. The average molecular weight is 393 g/mol. The molecule has 2 aromatic heterocycles. The van der Waals surface area contributed by atoms with Crippen molar-refractivity contribution in [1.82, 2.24) is 29.9 Å². The molecule has 1 aromatic carbocycles. The summed E-state index contributed by atoms with van der Waals surface area (Å²) in [5, 5.41) is 8.37. The number of aromatic nitrogens is 5. The van der Waals surface area contributed by atoms with E-state index in [1.165, 1.54) is 0 Å². The molecule has 4 rings (SSSR count). The maximum absolute atomic E-state index is 12.5. The summed E-state index contributed by atoms with van der Waals surface area (Å²) in [4.78, 5) is 25.2. The van der Waals surface area contributed by atoms with Crippen LogP contribution in [0.4, 0.5) is 5.82 Å². The molecule has 0 N–H and O–H groups in total. The topological polar surface area (TPSA) is 89.3 Å². The van der Waals surface area contributed by atoms with Gasteiger partial charge in [-0.1, -0.05) is 17.3 Å². The fourth-order valence-corrected chi connectivity index (χ4v) is 3.35. The predicted molar refractivity (Wildman–Crippen MR) is 110 cm³/mol. The van der Waals surface area contributed by atoms with Crippen LogP contribution >= 0.6 is 0 Å². The van der Waals surface area contributed by atoms with Gasteiger partial charge in [0, 0.05) is 38.8 Å². The Morgan fingerprint density at radius 1 is 1.14 bits per heavy atom. The van der Waals surface area contributed by atoms with E-state index in [0.29, 0.717) is 38.2 Å². The molecule has 0 radical (unpaired) electrons. The van der Waals surface area contributed by atoms with Crippen LogP contribution in [0.3, 0.4) is 0 Å². The first-order valence-electron chi connectivity index (χ1n) is 9.59. The molecule has 0 saturated carbocycles. The van der Waals surface area contributed by atoms with E-state index >= 15 is 0 Å². The smallest absolute Gasteiger partial charge is 0.246 e. The van der Waals surface area contributed by atoms with Crippen molar-refractivity contribution in [2.75, 3.05) is 38.2 Å². The number of rotatable bonds is 5. The zero-order chi connectivity index (χ0) is 20.2. The highest BCUT2D eigenvalue weighted by molar-refractivity contribution is 5.92. The number of ether oxygens (including phenoxy) is 1. The Balaban J connectivity index is 1.39. The molecular weight excluding hydrogens is 370 g/mol. The number of methoxy groups -OCH3 is 1. The number of aryl methyl sites for hydroxylation is 1. The van der Waals surface area contributed by atoms with Gasteiger partial charge >= 0.3 is 0 Å². The van der Waals surface area contributed by atoms with Crippen molar-refractivity contribution in [3.8, 4) is 5.75 Å². The van der Waals surface area contributed by atoms with Crippen molar-refractivity contribution < 1.29 is 9.53 Å². The summed E-state index contributed by atoms with van der Waals surface area (Å²) in [6, 6.07) is 7.59. The first kappa shape index (κ1) is 18.9. The van der Waals surface area contributed by atoms with E-state index < -0.39 is 0 Å². The molecule has 1 fully saturated rings. The van der Waals surface area contributed by atoms with Crippen LogP contribution in [0.15, 0.2) is 36.7 Å². The molecule has 1 aliphatic heterocycles. The van der Waals surface area contributed by atoms with Crippen molar-refractivity contribution in [3.63, 3.8) is 0 Å². The van der Waals surface area contributed by atoms with Crippen LogP contribution in [-0.2, 0) is 11.3 Å². The van der Waals surface area contributed by atoms with E-state index in [1.807, 2.05) is 42.2 Å².